The van der Waals surface area contributed by atoms with Gasteiger partial charge in [-0.15, -0.1) is 0 Å². The molecule has 0 N–H and O–H groups in total. The third-order valence-electron chi connectivity index (χ3n) is 2.52. The molecule has 114 valence electrons. The van der Waals surface area contributed by atoms with Gasteiger partial charge >= 0.3 is 6.09 Å². The van der Waals surface area contributed by atoms with Gasteiger partial charge in [0, 0.05) is 17.1 Å². The molecule has 0 fully saturated rings. The Hall–Kier alpha value is -2.17. The Labute approximate surface area is 123 Å². The third-order valence-corrected chi connectivity index (χ3v) is 2.52. The standard InChI is InChI=1S/C14H14FNO3.C2H6/c1-14(2,3)19-13(18)16-7-9(8-17)11-5-4-10(15)6-12(11)16;1-2/h4-8H,1-3H3;1-2H3. The van der Waals surface area contributed by atoms with Crippen LogP contribution in [0, 0.1) is 5.82 Å². The second-order valence-electron chi connectivity index (χ2n) is 5.21. The van der Waals surface area contributed by atoms with Crippen LogP contribution in [-0.2, 0) is 4.74 Å². The Morgan fingerprint density at radius 1 is 1.29 bits per heavy atom. The lowest BCUT2D eigenvalue weighted by atomic mass is 10.2. The average molecular weight is 293 g/mol. The highest BCUT2D eigenvalue weighted by atomic mass is 19.1. The lowest BCUT2D eigenvalue weighted by molar-refractivity contribution is 0.0544. The van der Waals surface area contributed by atoms with E-state index in [4.69, 9.17) is 4.74 Å². The molecule has 0 saturated carbocycles. The average Bonchev–Trinajstić information content (AvgIpc) is 2.77. The number of rotatable bonds is 1. The number of aldehydes is 1. The molecule has 5 heteroatoms. The molecule has 0 spiro atoms. The van der Waals surface area contributed by atoms with Crippen LogP contribution in [0.2, 0.25) is 0 Å². The minimum absolute atomic E-state index is 0.316. The van der Waals surface area contributed by atoms with Crippen molar-refractivity contribution in [3.05, 3.63) is 35.8 Å². The van der Waals surface area contributed by atoms with Crippen LogP contribution < -0.4 is 0 Å². The van der Waals surface area contributed by atoms with Gasteiger partial charge in [0.1, 0.15) is 11.4 Å². The van der Waals surface area contributed by atoms with Crippen molar-refractivity contribution in [2.45, 2.75) is 40.2 Å². The largest absolute Gasteiger partial charge is 0.443 e. The molecule has 0 aliphatic rings. The number of fused-ring (bicyclic) bond motifs is 1. The zero-order valence-corrected chi connectivity index (χ0v) is 12.9. The molecule has 1 aromatic carbocycles. The van der Waals surface area contributed by atoms with Gasteiger partial charge < -0.3 is 4.74 Å². The predicted molar refractivity (Wildman–Crippen MR) is 80.3 cm³/mol. The summed E-state index contributed by atoms with van der Waals surface area (Å²) < 4.78 is 19.6. The molecular weight excluding hydrogens is 273 g/mol. The van der Waals surface area contributed by atoms with Crippen molar-refractivity contribution in [1.29, 1.82) is 0 Å². The lowest BCUT2D eigenvalue weighted by Gasteiger charge is -2.19. The van der Waals surface area contributed by atoms with Gasteiger partial charge in [0.2, 0.25) is 0 Å². The van der Waals surface area contributed by atoms with Crippen molar-refractivity contribution in [1.82, 2.24) is 4.57 Å². The zero-order valence-electron chi connectivity index (χ0n) is 12.9. The Bertz CT molecular complexity index is 653. The Morgan fingerprint density at radius 3 is 2.43 bits per heavy atom. The topological polar surface area (TPSA) is 48.3 Å². The summed E-state index contributed by atoms with van der Waals surface area (Å²) in [6.07, 6.45) is 1.34. The number of carbonyl (C=O) groups excluding carboxylic acids is 2. The van der Waals surface area contributed by atoms with Crippen molar-refractivity contribution in [2.75, 3.05) is 0 Å². The van der Waals surface area contributed by atoms with Crippen LogP contribution in [0.1, 0.15) is 45.0 Å². The van der Waals surface area contributed by atoms with Gasteiger partial charge in [-0.1, -0.05) is 13.8 Å². The van der Waals surface area contributed by atoms with Gasteiger partial charge in [-0.3, -0.25) is 9.36 Å². The molecule has 2 rings (SSSR count). The maximum atomic E-state index is 13.3. The predicted octanol–water partition coefficient (Wildman–Crippen LogP) is 4.40. The van der Waals surface area contributed by atoms with E-state index in [1.165, 1.54) is 24.4 Å². The fraction of sp³-hybridized carbons (Fsp3) is 0.375. The van der Waals surface area contributed by atoms with Gasteiger partial charge in [-0.2, -0.15) is 0 Å². The number of hydrogen-bond acceptors (Lipinski definition) is 3. The lowest BCUT2D eigenvalue weighted by Crippen LogP contribution is -2.26. The van der Waals surface area contributed by atoms with E-state index in [0.717, 1.165) is 4.57 Å². The van der Waals surface area contributed by atoms with Crippen molar-refractivity contribution < 1.29 is 18.7 Å². The summed E-state index contributed by atoms with van der Waals surface area (Å²) in [5.74, 6) is -0.479. The second-order valence-corrected chi connectivity index (χ2v) is 5.21. The smallest absolute Gasteiger partial charge is 0.419 e. The summed E-state index contributed by atoms with van der Waals surface area (Å²) in [5.41, 5.74) is -0.0280. The molecular formula is C16H20FNO3. The first-order chi connectivity index (χ1) is 9.81. The fourth-order valence-corrected chi connectivity index (χ4v) is 1.78. The van der Waals surface area contributed by atoms with Crippen molar-refractivity contribution in [3.63, 3.8) is 0 Å². The number of carbonyl (C=O) groups is 2. The summed E-state index contributed by atoms with van der Waals surface area (Å²) in [5, 5.41) is 0.516. The molecule has 0 amide bonds. The molecule has 0 bridgehead atoms. The quantitative estimate of drug-likeness (QED) is 0.732. The van der Waals surface area contributed by atoms with E-state index in [0.29, 0.717) is 22.8 Å². The van der Waals surface area contributed by atoms with Gasteiger partial charge in [0.25, 0.3) is 0 Å². The van der Waals surface area contributed by atoms with E-state index < -0.39 is 17.5 Å². The van der Waals surface area contributed by atoms with Crippen LogP contribution in [0.4, 0.5) is 9.18 Å². The molecule has 1 aromatic heterocycles. The zero-order chi connectivity index (χ0) is 16.2. The van der Waals surface area contributed by atoms with Crippen molar-refractivity contribution in [3.8, 4) is 0 Å². The number of halogens is 1. The molecule has 0 aliphatic heterocycles. The summed E-state index contributed by atoms with van der Waals surface area (Å²) in [6, 6.07) is 3.91. The second kappa shape index (κ2) is 6.52. The molecule has 0 aliphatic carbocycles. The maximum Gasteiger partial charge on any atom is 0.419 e. The van der Waals surface area contributed by atoms with Gasteiger partial charge in [-0.05, 0) is 39.0 Å². The van der Waals surface area contributed by atoms with Crippen molar-refractivity contribution in [2.24, 2.45) is 0 Å². The molecule has 21 heavy (non-hydrogen) atoms. The van der Waals surface area contributed by atoms with Crippen LogP contribution in [-0.4, -0.2) is 22.5 Å². The molecule has 0 saturated heterocycles. The summed E-state index contributed by atoms with van der Waals surface area (Å²) in [7, 11) is 0. The summed E-state index contributed by atoms with van der Waals surface area (Å²) in [6.45, 7) is 9.20. The van der Waals surface area contributed by atoms with Gasteiger partial charge in [0.15, 0.2) is 6.29 Å². The van der Waals surface area contributed by atoms with Crippen LogP contribution in [0.15, 0.2) is 24.4 Å². The van der Waals surface area contributed by atoms with Crippen LogP contribution in [0.25, 0.3) is 10.9 Å². The molecule has 4 nitrogen and oxygen atoms in total. The van der Waals surface area contributed by atoms with Crippen LogP contribution >= 0.6 is 0 Å². The first-order valence-corrected chi connectivity index (χ1v) is 6.81. The highest BCUT2D eigenvalue weighted by Gasteiger charge is 2.20. The minimum atomic E-state index is -0.664. The highest BCUT2D eigenvalue weighted by Crippen LogP contribution is 2.22. The van der Waals surface area contributed by atoms with E-state index in [9.17, 15) is 14.0 Å². The first-order valence-electron chi connectivity index (χ1n) is 6.81. The number of ether oxygens (including phenoxy) is 1. The Kier molecular flexibility index (Phi) is 5.24. The molecule has 0 radical (unpaired) electrons. The Balaban J connectivity index is 0.00000106. The van der Waals surface area contributed by atoms with Gasteiger partial charge in [0.05, 0.1) is 5.52 Å². The van der Waals surface area contributed by atoms with E-state index in [1.54, 1.807) is 20.8 Å². The minimum Gasteiger partial charge on any atom is -0.443 e. The maximum absolute atomic E-state index is 13.3. The number of aromatic nitrogens is 1. The molecule has 0 unspecified atom stereocenters. The molecule has 2 aromatic rings. The van der Waals surface area contributed by atoms with Crippen LogP contribution in [0.3, 0.4) is 0 Å². The van der Waals surface area contributed by atoms with Crippen molar-refractivity contribution >= 4 is 23.3 Å². The number of nitrogens with zero attached hydrogens (tertiary/aromatic N) is 1. The van der Waals surface area contributed by atoms with Crippen LogP contribution in [0.5, 0.6) is 0 Å². The van der Waals surface area contributed by atoms with E-state index in [-0.39, 0.29) is 0 Å². The van der Waals surface area contributed by atoms with E-state index in [2.05, 4.69) is 0 Å². The normalized spacial score (nSPS) is 10.8. The van der Waals surface area contributed by atoms with E-state index >= 15 is 0 Å². The number of hydrogen-bond donors (Lipinski definition) is 0. The highest BCUT2D eigenvalue weighted by molar-refractivity contribution is 6.01. The monoisotopic (exact) mass is 293 g/mol. The summed E-state index contributed by atoms with van der Waals surface area (Å²) in [4.78, 5) is 23.0. The van der Waals surface area contributed by atoms with Gasteiger partial charge in [-0.25, -0.2) is 9.18 Å². The number of benzene rings is 1. The summed E-state index contributed by atoms with van der Waals surface area (Å²) >= 11 is 0. The molecule has 0 atom stereocenters. The third kappa shape index (κ3) is 3.90. The fourth-order valence-electron chi connectivity index (χ4n) is 1.78. The Morgan fingerprint density at radius 2 is 1.90 bits per heavy atom. The molecule has 1 heterocycles. The van der Waals surface area contributed by atoms with E-state index in [1.807, 2.05) is 13.8 Å². The first kappa shape index (κ1) is 16.9. The SMILES string of the molecule is CC.CC(C)(C)OC(=O)n1cc(C=O)c2ccc(F)cc21.